The second kappa shape index (κ2) is 10.1. The van der Waals surface area contributed by atoms with E-state index in [4.69, 9.17) is 4.98 Å². The van der Waals surface area contributed by atoms with E-state index in [2.05, 4.69) is 15.0 Å². The molecule has 0 aliphatic carbocycles. The summed E-state index contributed by atoms with van der Waals surface area (Å²) in [6.07, 6.45) is 7.25. The van der Waals surface area contributed by atoms with E-state index in [9.17, 15) is 30.4 Å². The highest BCUT2D eigenvalue weighted by atomic mass is 16.6. The average Bonchev–Trinajstić information content (AvgIpc) is 3.81. The van der Waals surface area contributed by atoms with E-state index in [0.29, 0.717) is 56.1 Å². The molecule has 2 aromatic carbocycles. The van der Waals surface area contributed by atoms with Gasteiger partial charge in [0.2, 0.25) is 0 Å². The van der Waals surface area contributed by atoms with E-state index >= 15 is 0 Å². The minimum absolute atomic E-state index is 0.431. The van der Waals surface area contributed by atoms with E-state index in [1.165, 1.54) is 24.3 Å². The molecule has 0 radical (unpaired) electrons. The lowest BCUT2D eigenvalue weighted by Crippen LogP contribution is -1.92. The summed E-state index contributed by atoms with van der Waals surface area (Å²) >= 11 is 0. The summed E-state index contributed by atoms with van der Waals surface area (Å²) < 4.78 is 0. The smallest absolute Gasteiger partial charge is 0.311 e. The molecule has 3 aromatic heterocycles. The van der Waals surface area contributed by atoms with Crippen LogP contribution in [0.25, 0.3) is 68.6 Å². The third-order valence-corrected chi connectivity index (χ3v) is 7.32. The first kappa shape index (κ1) is 26.3. The van der Waals surface area contributed by atoms with Gasteiger partial charge in [-0.25, -0.2) is 9.97 Å². The predicted octanol–water partition coefficient (Wildman–Crippen LogP) is 7.22. The molecule has 12 nitrogen and oxygen atoms in total. The van der Waals surface area contributed by atoms with E-state index in [1.807, 2.05) is 48.6 Å². The number of hydrogen-bond acceptors (Lipinski definition) is 8. The molecule has 2 aliphatic heterocycles. The standard InChI is InChI=1S/C32H20N6O6/c39-29-11-1-17(13-27(29)37(41)42)31-23-7-5-21(34-23)15-19-3-4-20(33-19)16-22-6-8-24(35-22)32(26-10-9-25(31)36-26)18-2-12-30(40)28(14-18)38(43)44/h1-16,34-35,39-40H. The third kappa shape index (κ3) is 4.61. The Morgan fingerprint density at radius 3 is 1.45 bits per heavy atom. The zero-order chi connectivity index (χ0) is 30.5. The summed E-state index contributed by atoms with van der Waals surface area (Å²) in [7, 11) is 0. The Morgan fingerprint density at radius 2 is 1.02 bits per heavy atom. The number of aromatic nitrogens is 4. The van der Waals surface area contributed by atoms with Gasteiger partial charge < -0.3 is 20.2 Å². The minimum Gasteiger partial charge on any atom is -0.502 e. The van der Waals surface area contributed by atoms with E-state index in [1.54, 1.807) is 24.3 Å². The normalized spacial score (nSPS) is 12.0. The molecule has 4 N–H and O–H groups in total. The van der Waals surface area contributed by atoms with Gasteiger partial charge in [0.25, 0.3) is 0 Å². The van der Waals surface area contributed by atoms with Gasteiger partial charge in [-0.3, -0.25) is 20.2 Å². The maximum Gasteiger partial charge on any atom is 0.311 e. The molecule has 0 saturated heterocycles. The number of nitrogens with one attached hydrogen (secondary N) is 2. The van der Waals surface area contributed by atoms with Crippen molar-refractivity contribution in [3.8, 4) is 33.8 Å². The largest absolute Gasteiger partial charge is 0.502 e. The molecule has 0 amide bonds. The summed E-state index contributed by atoms with van der Waals surface area (Å²) in [5.74, 6) is -0.933. The summed E-state index contributed by atoms with van der Waals surface area (Å²) in [6, 6.07) is 19.3. The van der Waals surface area contributed by atoms with Gasteiger partial charge in [-0.15, -0.1) is 0 Å². The van der Waals surface area contributed by atoms with Crippen LogP contribution >= 0.6 is 0 Å². The first-order valence-electron chi connectivity index (χ1n) is 13.3. The minimum atomic E-state index is -0.658. The lowest BCUT2D eigenvalue weighted by atomic mass is 10.0. The van der Waals surface area contributed by atoms with Crippen molar-refractivity contribution in [1.29, 1.82) is 0 Å². The highest BCUT2D eigenvalue weighted by molar-refractivity contribution is 5.96. The number of nitrogens with zero attached hydrogens (tertiary/aromatic N) is 4. The van der Waals surface area contributed by atoms with Crippen molar-refractivity contribution in [3.63, 3.8) is 0 Å². The number of nitro benzene ring substituents is 2. The van der Waals surface area contributed by atoms with Gasteiger partial charge in [-0.2, -0.15) is 0 Å². The molecule has 0 saturated carbocycles. The van der Waals surface area contributed by atoms with Gasteiger partial charge in [0.05, 0.1) is 32.6 Å². The Labute approximate surface area is 247 Å². The van der Waals surface area contributed by atoms with Crippen LogP contribution in [0.2, 0.25) is 0 Å². The highest BCUT2D eigenvalue weighted by Crippen LogP contribution is 2.39. The number of H-pyrrole nitrogens is 2. The molecule has 0 spiro atoms. The number of benzene rings is 2. The van der Waals surface area contributed by atoms with Crippen LogP contribution in [0.1, 0.15) is 22.8 Å². The number of fused-ring (bicyclic) bond motifs is 8. The van der Waals surface area contributed by atoms with Crippen LogP contribution in [0.3, 0.4) is 0 Å². The first-order chi connectivity index (χ1) is 21.2. The second-order valence-corrected chi connectivity index (χ2v) is 10.1. The van der Waals surface area contributed by atoms with Crippen LogP contribution in [-0.4, -0.2) is 40.0 Å². The molecule has 12 heteroatoms. The average molecular weight is 585 g/mol. The van der Waals surface area contributed by atoms with Crippen molar-refractivity contribution in [1.82, 2.24) is 19.9 Å². The van der Waals surface area contributed by atoms with Crippen LogP contribution in [0.15, 0.2) is 72.8 Å². The molecule has 0 unspecified atom stereocenters. The lowest BCUT2D eigenvalue weighted by Gasteiger charge is -2.06. The van der Waals surface area contributed by atoms with Crippen molar-refractivity contribution in [3.05, 3.63) is 116 Å². The zero-order valence-electron chi connectivity index (χ0n) is 22.6. The SMILES string of the molecule is O=[N+]([O-])c1cc(-c2c3nc(c(-c4ccc(O)c([N+](=O)[O-])c4)c4ccc(cc5nc(cc6ccc2[nH]6)C=C5)[nH]4)C=C3)ccc1O. The Morgan fingerprint density at radius 1 is 0.568 bits per heavy atom. The molecule has 44 heavy (non-hydrogen) atoms. The third-order valence-electron chi connectivity index (χ3n) is 7.32. The fourth-order valence-electron chi connectivity index (χ4n) is 5.33. The summed E-state index contributed by atoms with van der Waals surface area (Å²) in [6.45, 7) is 0. The predicted molar refractivity (Wildman–Crippen MR) is 166 cm³/mol. The van der Waals surface area contributed by atoms with E-state index < -0.39 is 32.7 Å². The molecule has 0 fully saturated rings. The number of phenols is 2. The maximum absolute atomic E-state index is 11.7. The van der Waals surface area contributed by atoms with Crippen LogP contribution in [0, 0.1) is 20.2 Å². The molecule has 214 valence electrons. The van der Waals surface area contributed by atoms with Gasteiger partial charge in [0.1, 0.15) is 0 Å². The van der Waals surface area contributed by atoms with Gasteiger partial charge >= 0.3 is 11.4 Å². The van der Waals surface area contributed by atoms with Crippen molar-refractivity contribution in [2.75, 3.05) is 0 Å². The molecular weight excluding hydrogens is 564 g/mol. The van der Waals surface area contributed by atoms with Crippen molar-refractivity contribution in [2.24, 2.45) is 0 Å². The van der Waals surface area contributed by atoms with Crippen LogP contribution in [-0.2, 0) is 0 Å². The Hall–Kier alpha value is -6.56. The fourth-order valence-corrected chi connectivity index (χ4v) is 5.33. The Balaban J connectivity index is 1.62. The number of aromatic amines is 2. The van der Waals surface area contributed by atoms with Crippen molar-refractivity contribution in [2.45, 2.75) is 0 Å². The van der Waals surface area contributed by atoms with Gasteiger partial charge in [0.15, 0.2) is 11.5 Å². The summed E-state index contributed by atoms with van der Waals surface area (Å²) in [5.41, 5.74) is 6.02. The second-order valence-electron chi connectivity index (χ2n) is 10.1. The molecule has 2 aliphatic rings. The number of phenolic OH excluding ortho intramolecular Hbond substituents is 2. The number of nitro groups is 2. The van der Waals surface area contributed by atoms with Crippen LogP contribution in [0.4, 0.5) is 11.4 Å². The lowest BCUT2D eigenvalue weighted by molar-refractivity contribution is -0.385. The maximum atomic E-state index is 11.7. The number of rotatable bonds is 4. The Bertz CT molecular complexity index is 2130. The molecule has 0 atom stereocenters. The number of hydrogen-bond donors (Lipinski definition) is 4. The molecule has 8 bridgehead atoms. The summed E-state index contributed by atoms with van der Waals surface area (Å²) in [5, 5.41) is 43.6. The molecule has 5 aromatic rings. The number of aromatic hydroxyl groups is 2. The van der Waals surface area contributed by atoms with Crippen LogP contribution in [0.5, 0.6) is 11.5 Å². The fraction of sp³-hybridized carbons (Fsp3) is 0. The zero-order valence-corrected chi connectivity index (χ0v) is 22.6. The van der Waals surface area contributed by atoms with E-state index in [0.717, 1.165) is 11.0 Å². The van der Waals surface area contributed by atoms with Gasteiger partial charge in [0, 0.05) is 45.3 Å². The first-order valence-corrected chi connectivity index (χ1v) is 13.3. The molecule has 5 heterocycles. The van der Waals surface area contributed by atoms with Crippen molar-refractivity contribution < 1.29 is 20.1 Å². The quantitative estimate of drug-likeness (QED) is 0.123. The topological polar surface area (TPSA) is 184 Å². The molecule has 7 rings (SSSR count). The monoisotopic (exact) mass is 584 g/mol. The summed E-state index contributed by atoms with van der Waals surface area (Å²) in [4.78, 5) is 38.3. The Kier molecular flexibility index (Phi) is 6.03. The van der Waals surface area contributed by atoms with Crippen molar-refractivity contribution >= 4 is 57.7 Å². The van der Waals surface area contributed by atoms with Crippen LogP contribution < -0.4 is 0 Å². The highest BCUT2D eigenvalue weighted by Gasteiger charge is 2.21. The van der Waals surface area contributed by atoms with Gasteiger partial charge in [-0.1, -0.05) is 12.1 Å². The van der Waals surface area contributed by atoms with E-state index in [-0.39, 0.29) is 0 Å². The molecular formula is C32H20N6O6. The van der Waals surface area contributed by atoms with Gasteiger partial charge in [-0.05, 0) is 84.0 Å².